The minimum absolute atomic E-state index is 0.0651. The van der Waals surface area contributed by atoms with E-state index in [1.165, 1.54) is 0 Å². The van der Waals surface area contributed by atoms with Gasteiger partial charge in [0, 0.05) is 12.6 Å². The summed E-state index contributed by atoms with van der Waals surface area (Å²) in [7, 11) is 0. The highest BCUT2D eigenvalue weighted by Gasteiger charge is 2.30. The Kier molecular flexibility index (Phi) is 6.14. The van der Waals surface area contributed by atoms with E-state index in [2.05, 4.69) is 10.3 Å². The summed E-state index contributed by atoms with van der Waals surface area (Å²) in [5.74, 6) is 0.590. The van der Waals surface area contributed by atoms with Crippen LogP contribution >= 0.6 is 11.8 Å². The molecule has 0 unspecified atom stereocenters. The van der Waals surface area contributed by atoms with E-state index in [1.807, 2.05) is 6.26 Å². The summed E-state index contributed by atoms with van der Waals surface area (Å²) in [4.78, 5) is 15.2. The number of aromatic nitrogens is 1. The first-order valence-electron chi connectivity index (χ1n) is 5.75. The van der Waals surface area contributed by atoms with E-state index in [1.54, 1.807) is 11.8 Å². The first kappa shape index (κ1) is 15.8. The van der Waals surface area contributed by atoms with Crippen molar-refractivity contribution in [1.29, 1.82) is 0 Å². The second-order valence-corrected chi connectivity index (χ2v) is 4.91. The molecule has 1 amide bonds. The number of hydrogen-bond donors (Lipinski definition) is 1. The molecule has 0 bridgehead atoms. The van der Waals surface area contributed by atoms with E-state index < -0.39 is 11.7 Å². The van der Waals surface area contributed by atoms with Crippen LogP contribution in [0.15, 0.2) is 18.3 Å². The Morgan fingerprint density at radius 2 is 2.16 bits per heavy atom. The Hall–Kier alpha value is -1.24. The summed E-state index contributed by atoms with van der Waals surface area (Å²) in [6.45, 7) is 0. The van der Waals surface area contributed by atoms with Crippen LogP contribution in [0, 0.1) is 0 Å². The topological polar surface area (TPSA) is 42.0 Å². The Bertz CT molecular complexity index is 424. The first-order chi connectivity index (χ1) is 8.93. The van der Waals surface area contributed by atoms with E-state index in [0.29, 0.717) is 12.8 Å². The fraction of sp³-hybridized carbons (Fsp3) is 0.500. The van der Waals surface area contributed by atoms with Crippen molar-refractivity contribution in [2.45, 2.75) is 25.4 Å². The normalized spacial score (nSPS) is 11.4. The number of thioether (sulfide) groups is 1. The Balaban J connectivity index is 2.50. The van der Waals surface area contributed by atoms with Gasteiger partial charge in [-0.25, -0.2) is 4.98 Å². The largest absolute Gasteiger partial charge is 0.416 e. The number of anilines is 1. The lowest BCUT2D eigenvalue weighted by atomic mass is 10.2. The lowest BCUT2D eigenvalue weighted by Gasteiger charge is -2.08. The highest BCUT2D eigenvalue weighted by atomic mass is 32.2. The second-order valence-electron chi connectivity index (χ2n) is 3.93. The molecule has 19 heavy (non-hydrogen) atoms. The highest BCUT2D eigenvalue weighted by Crippen LogP contribution is 2.29. The zero-order valence-electron chi connectivity index (χ0n) is 10.5. The Morgan fingerprint density at radius 3 is 2.79 bits per heavy atom. The molecule has 0 radical (unpaired) electrons. The minimum atomic E-state index is -4.43. The summed E-state index contributed by atoms with van der Waals surface area (Å²) in [6.07, 6.45) is 0.494. The molecule has 0 atom stereocenters. The van der Waals surface area contributed by atoms with Crippen LogP contribution in [0.25, 0.3) is 0 Å². The molecular formula is C12H15F3N2OS. The van der Waals surface area contributed by atoms with Crippen LogP contribution in [-0.2, 0) is 11.0 Å². The summed E-state index contributed by atoms with van der Waals surface area (Å²) in [5.41, 5.74) is -0.819. The maximum atomic E-state index is 12.4. The summed E-state index contributed by atoms with van der Waals surface area (Å²) >= 11 is 1.69. The van der Waals surface area contributed by atoms with Gasteiger partial charge in [-0.2, -0.15) is 24.9 Å². The summed E-state index contributed by atoms with van der Waals surface area (Å²) < 4.78 is 37.3. The van der Waals surface area contributed by atoms with Crippen molar-refractivity contribution in [3.63, 3.8) is 0 Å². The molecule has 1 heterocycles. The predicted molar refractivity (Wildman–Crippen MR) is 70.1 cm³/mol. The third-order valence-corrected chi connectivity index (χ3v) is 3.05. The molecule has 0 aliphatic rings. The standard InChI is InChI=1S/C12H15F3N2OS/c1-19-7-3-2-4-11(18)17-10-8-9(5-6-16-10)12(13,14)15/h5-6,8H,2-4,7H2,1H3,(H,16,17,18). The summed E-state index contributed by atoms with van der Waals surface area (Å²) in [5, 5.41) is 2.37. The van der Waals surface area contributed by atoms with Crippen LogP contribution in [0.1, 0.15) is 24.8 Å². The molecule has 1 aromatic rings. The van der Waals surface area contributed by atoms with E-state index in [4.69, 9.17) is 0 Å². The van der Waals surface area contributed by atoms with Gasteiger partial charge in [0.1, 0.15) is 5.82 Å². The molecule has 1 N–H and O–H groups in total. The number of carbonyl (C=O) groups excluding carboxylic acids is 1. The number of nitrogens with zero attached hydrogens (tertiary/aromatic N) is 1. The van der Waals surface area contributed by atoms with Gasteiger partial charge >= 0.3 is 6.18 Å². The van der Waals surface area contributed by atoms with Crippen LogP contribution in [0.3, 0.4) is 0 Å². The average molecular weight is 292 g/mol. The van der Waals surface area contributed by atoms with E-state index in [0.717, 1.165) is 30.5 Å². The van der Waals surface area contributed by atoms with Crippen molar-refractivity contribution in [2.75, 3.05) is 17.3 Å². The van der Waals surface area contributed by atoms with Crippen LogP contribution < -0.4 is 5.32 Å². The predicted octanol–water partition coefficient (Wildman–Crippen LogP) is 3.57. The van der Waals surface area contributed by atoms with Gasteiger partial charge in [-0.1, -0.05) is 0 Å². The molecule has 1 aromatic heterocycles. The van der Waals surface area contributed by atoms with Crippen molar-refractivity contribution in [3.8, 4) is 0 Å². The minimum Gasteiger partial charge on any atom is -0.311 e. The molecular weight excluding hydrogens is 277 g/mol. The van der Waals surface area contributed by atoms with Crippen molar-refractivity contribution < 1.29 is 18.0 Å². The van der Waals surface area contributed by atoms with Crippen molar-refractivity contribution in [3.05, 3.63) is 23.9 Å². The molecule has 106 valence electrons. The third-order valence-electron chi connectivity index (χ3n) is 2.36. The van der Waals surface area contributed by atoms with Gasteiger partial charge < -0.3 is 5.32 Å². The maximum Gasteiger partial charge on any atom is 0.416 e. The zero-order chi connectivity index (χ0) is 14.3. The van der Waals surface area contributed by atoms with E-state index in [-0.39, 0.29) is 11.7 Å². The quantitative estimate of drug-likeness (QED) is 0.815. The van der Waals surface area contributed by atoms with Crippen LogP contribution in [0.2, 0.25) is 0 Å². The number of nitrogens with one attached hydrogen (secondary N) is 1. The number of amides is 1. The molecule has 0 aliphatic heterocycles. The van der Waals surface area contributed by atoms with Crippen LogP contribution in [-0.4, -0.2) is 22.9 Å². The fourth-order valence-electron chi connectivity index (χ4n) is 1.41. The Labute approximate surface area is 114 Å². The van der Waals surface area contributed by atoms with Gasteiger partial charge in [0.2, 0.25) is 5.91 Å². The van der Waals surface area contributed by atoms with E-state index in [9.17, 15) is 18.0 Å². The Morgan fingerprint density at radius 1 is 1.42 bits per heavy atom. The van der Waals surface area contributed by atoms with Gasteiger partial charge in [0.25, 0.3) is 0 Å². The molecule has 1 rings (SSSR count). The highest BCUT2D eigenvalue weighted by molar-refractivity contribution is 7.98. The number of halogens is 3. The lowest BCUT2D eigenvalue weighted by molar-refractivity contribution is -0.137. The zero-order valence-corrected chi connectivity index (χ0v) is 11.3. The number of carbonyl (C=O) groups is 1. The van der Waals surface area contributed by atoms with Gasteiger partial charge in [-0.3, -0.25) is 4.79 Å². The van der Waals surface area contributed by atoms with Crippen LogP contribution in [0.4, 0.5) is 19.0 Å². The number of pyridine rings is 1. The SMILES string of the molecule is CSCCCCC(=O)Nc1cc(C(F)(F)F)ccn1. The van der Waals surface area contributed by atoms with Crippen molar-refractivity contribution >= 4 is 23.5 Å². The fourth-order valence-corrected chi connectivity index (χ4v) is 1.91. The molecule has 0 aromatic carbocycles. The number of unbranched alkanes of at least 4 members (excludes halogenated alkanes) is 1. The molecule has 0 saturated carbocycles. The number of hydrogen-bond acceptors (Lipinski definition) is 3. The van der Waals surface area contributed by atoms with Gasteiger partial charge in [-0.05, 0) is 37.0 Å². The van der Waals surface area contributed by atoms with Crippen LogP contribution in [0.5, 0.6) is 0 Å². The molecule has 0 fully saturated rings. The molecule has 0 saturated heterocycles. The average Bonchev–Trinajstić information content (AvgIpc) is 2.34. The maximum absolute atomic E-state index is 12.4. The monoisotopic (exact) mass is 292 g/mol. The van der Waals surface area contributed by atoms with Crippen molar-refractivity contribution in [1.82, 2.24) is 4.98 Å². The second kappa shape index (κ2) is 7.37. The van der Waals surface area contributed by atoms with Crippen molar-refractivity contribution in [2.24, 2.45) is 0 Å². The van der Waals surface area contributed by atoms with Gasteiger partial charge in [0.15, 0.2) is 0 Å². The lowest BCUT2D eigenvalue weighted by Crippen LogP contribution is -2.13. The molecule has 7 heteroatoms. The molecule has 0 aliphatic carbocycles. The first-order valence-corrected chi connectivity index (χ1v) is 7.15. The van der Waals surface area contributed by atoms with Gasteiger partial charge in [0.05, 0.1) is 5.56 Å². The number of alkyl halides is 3. The van der Waals surface area contributed by atoms with E-state index >= 15 is 0 Å². The number of rotatable bonds is 6. The summed E-state index contributed by atoms with van der Waals surface area (Å²) in [6, 6.07) is 1.70. The third kappa shape index (κ3) is 5.96. The van der Waals surface area contributed by atoms with Gasteiger partial charge in [-0.15, -0.1) is 0 Å². The molecule has 0 spiro atoms. The molecule has 3 nitrogen and oxygen atoms in total. The smallest absolute Gasteiger partial charge is 0.311 e.